The van der Waals surface area contributed by atoms with Crippen LogP contribution in [0.5, 0.6) is 0 Å². The van der Waals surface area contributed by atoms with Gasteiger partial charge in [-0.3, -0.25) is 9.59 Å². The van der Waals surface area contributed by atoms with Crippen molar-refractivity contribution in [2.45, 2.75) is 32.2 Å². The zero-order chi connectivity index (χ0) is 12.7. The number of hydrogen-bond acceptors (Lipinski definition) is 3. The summed E-state index contributed by atoms with van der Waals surface area (Å²) in [6.45, 7) is 2.06. The predicted octanol–water partition coefficient (Wildman–Crippen LogP) is 0.0505. The van der Waals surface area contributed by atoms with Crippen LogP contribution in [0, 0.1) is 0 Å². The molecule has 2 amide bonds. The molecule has 0 fully saturated rings. The number of rotatable bonds is 6. The lowest BCUT2D eigenvalue weighted by molar-refractivity contribution is -0.138. The van der Waals surface area contributed by atoms with E-state index in [9.17, 15) is 9.59 Å². The Balaban J connectivity index is 3.86. The monoisotopic (exact) mass is 229 g/mol. The molecule has 5 nitrogen and oxygen atoms in total. The van der Waals surface area contributed by atoms with Gasteiger partial charge in [-0.1, -0.05) is 0 Å². The Labute approximate surface area is 97.6 Å². The topological polar surface area (TPSA) is 66.6 Å². The third-order valence-corrected chi connectivity index (χ3v) is 2.35. The summed E-state index contributed by atoms with van der Waals surface area (Å²) in [5.41, 5.74) is 5.59. The largest absolute Gasteiger partial charge is 0.347 e. The lowest BCUT2D eigenvalue weighted by atomic mass is 10.1. The molecular formula is C11H23N3O2. The Hall–Kier alpha value is -1.10. The first kappa shape index (κ1) is 14.9. The van der Waals surface area contributed by atoms with Gasteiger partial charge in [-0.15, -0.1) is 0 Å². The summed E-state index contributed by atoms with van der Waals surface area (Å²) in [6, 6.07) is 0.126. The first-order valence-corrected chi connectivity index (χ1v) is 5.54. The molecule has 5 heteroatoms. The molecule has 0 saturated heterocycles. The summed E-state index contributed by atoms with van der Waals surface area (Å²) in [6.07, 6.45) is 2.07. The summed E-state index contributed by atoms with van der Waals surface area (Å²) in [5, 5.41) is 0. The van der Waals surface area contributed by atoms with Crippen molar-refractivity contribution in [2.75, 3.05) is 27.7 Å². The van der Waals surface area contributed by atoms with E-state index in [4.69, 9.17) is 5.73 Å². The van der Waals surface area contributed by atoms with Crippen LogP contribution in [0.2, 0.25) is 0 Å². The molecule has 0 aromatic rings. The van der Waals surface area contributed by atoms with E-state index in [0.717, 1.165) is 12.8 Å². The van der Waals surface area contributed by atoms with E-state index >= 15 is 0 Å². The molecule has 94 valence electrons. The average molecular weight is 229 g/mol. The van der Waals surface area contributed by atoms with Crippen LogP contribution in [0.15, 0.2) is 0 Å². The zero-order valence-electron chi connectivity index (χ0n) is 10.7. The second-order valence-corrected chi connectivity index (χ2v) is 4.41. The fourth-order valence-electron chi connectivity index (χ4n) is 1.20. The molecule has 0 aliphatic carbocycles. The number of hydrogen-bond donors (Lipinski definition) is 1. The molecule has 0 aliphatic rings. The van der Waals surface area contributed by atoms with Gasteiger partial charge in [0, 0.05) is 33.6 Å². The van der Waals surface area contributed by atoms with Crippen LogP contribution < -0.4 is 5.73 Å². The zero-order valence-corrected chi connectivity index (χ0v) is 10.7. The molecule has 0 radical (unpaired) electrons. The predicted molar refractivity (Wildman–Crippen MR) is 63.8 cm³/mol. The Morgan fingerprint density at radius 3 is 2.19 bits per heavy atom. The average Bonchev–Trinajstić information content (AvgIpc) is 2.16. The van der Waals surface area contributed by atoms with Crippen molar-refractivity contribution in [2.24, 2.45) is 5.73 Å². The maximum absolute atomic E-state index is 11.6. The normalized spacial score (nSPS) is 12.1. The van der Waals surface area contributed by atoms with Crippen LogP contribution >= 0.6 is 0 Å². The second kappa shape index (κ2) is 7.22. The van der Waals surface area contributed by atoms with E-state index in [0.29, 0.717) is 6.42 Å². The van der Waals surface area contributed by atoms with Crippen molar-refractivity contribution in [3.8, 4) is 0 Å². The molecule has 0 rings (SSSR count). The molecule has 0 aromatic carbocycles. The summed E-state index contributed by atoms with van der Waals surface area (Å²) in [4.78, 5) is 25.9. The summed E-state index contributed by atoms with van der Waals surface area (Å²) in [7, 11) is 5.00. The third kappa shape index (κ3) is 6.40. The fourth-order valence-corrected chi connectivity index (χ4v) is 1.20. The lowest BCUT2D eigenvalue weighted by Gasteiger charge is -2.19. The number of nitrogens with two attached hydrogens (primary N) is 1. The Kier molecular flexibility index (Phi) is 6.72. The van der Waals surface area contributed by atoms with E-state index in [2.05, 4.69) is 0 Å². The molecular weight excluding hydrogens is 206 g/mol. The highest BCUT2D eigenvalue weighted by atomic mass is 16.2. The van der Waals surface area contributed by atoms with Gasteiger partial charge in [0.2, 0.25) is 11.8 Å². The number of nitrogens with zero attached hydrogens (tertiary/aromatic N) is 2. The van der Waals surface area contributed by atoms with Crippen LogP contribution in [-0.2, 0) is 9.59 Å². The number of carbonyl (C=O) groups excluding carboxylic acids is 2. The summed E-state index contributed by atoms with van der Waals surface area (Å²) < 4.78 is 0. The highest BCUT2D eigenvalue weighted by molar-refractivity contribution is 5.84. The van der Waals surface area contributed by atoms with Gasteiger partial charge in [-0.05, 0) is 19.8 Å². The summed E-state index contributed by atoms with van der Waals surface area (Å²) in [5.74, 6) is -0.0705. The molecule has 0 saturated carbocycles. The van der Waals surface area contributed by atoms with Crippen molar-refractivity contribution < 1.29 is 9.59 Å². The molecule has 1 unspecified atom stereocenters. The van der Waals surface area contributed by atoms with Crippen molar-refractivity contribution in [3.63, 3.8) is 0 Å². The molecule has 0 aliphatic heterocycles. The van der Waals surface area contributed by atoms with Crippen LogP contribution in [0.25, 0.3) is 0 Å². The van der Waals surface area contributed by atoms with E-state index in [-0.39, 0.29) is 24.4 Å². The van der Waals surface area contributed by atoms with E-state index in [1.54, 1.807) is 21.1 Å². The molecule has 1 atom stereocenters. The van der Waals surface area contributed by atoms with Gasteiger partial charge in [-0.2, -0.15) is 0 Å². The Morgan fingerprint density at radius 1 is 1.19 bits per heavy atom. The molecule has 0 heterocycles. The minimum atomic E-state index is -0.0666. The molecule has 0 bridgehead atoms. The SMILES string of the molecule is CC(N)CCCC(=O)N(C)CC(=O)N(C)C. The highest BCUT2D eigenvalue weighted by Crippen LogP contribution is 2.01. The molecule has 16 heavy (non-hydrogen) atoms. The smallest absolute Gasteiger partial charge is 0.241 e. The number of carbonyl (C=O) groups is 2. The van der Waals surface area contributed by atoms with Gasteiger partial charge in [-0.25, -0.2) is 0 Å². The van der Waals surface area contributed by atoms with Crippen LogP contribution in [0.3, 0.4) is 0 Å². The van der Waals surface area contributed by atoms with Gasteiger partial charge in [0.1, 0.15) is 0 Å². The minimum absolute atomic E-state index is 0.00384. The van der Waals surface area contributed by atoms with E-state index in [1.807, 2.05) is 6.92 Å². The van der Waals surface area contributed by atoms with Crippen molar-refractivity contribution in [1.82, 2.24) is 9.80 Å². The van der Waals surface area contributed by atoms with Crippen molar-refractivity contribution >= 4 is 11.8 Å². The Morgan fingerprint density at radius 2 is 1.75 bits per heavy atom. The van der Waals surface area contributed by atoms with Crippen molar-refractivity contribution in [3.05, 3.63) is 0 Å². The second-order valence-electron chi connectivity index (χ2n) is 4.41. The highest BCUT2D eigenvalue weighted by Gasteiger charge is 2.13. The first-order chi connectivity index (χ1) is 7.34. The maximum Gasteiger partial charge on any atom is 0.241 e. The first-order valence-electron chi connectivity index (χ1n) is 5.54. The molecule has 0 aromatic heterocycles. The van der Waals surface area contributed by atoms with Gasteiger partial charge >= 0.3 is 0 Å². The van der Waals surface area contributed by atoms with Crippen LogP contribution in [0.4, 0.5) is 0 Å². The number of likely N-dealkylation sites (N-methyl/N-ethyl adjacent to an activating group) is 2. The molecule has 0 spiro atoms. The van der Waals surface area contributed by atoms with Gasteiger partial charge in [0.05, 0.1) is 6.54 Å². The third-order valence-electron chi connectivity index (χ3n) is 2.35. The van der Waals surface area contributed by atoms with E-state index in [1.165, 1.54) is 9.80 Å². The van der Waals surface area contributed by atoms with Gasteiger partial charge in [0.15, 0.2) is 0 Å². The maximum atomic E-state index is 11.6. The van der Waals surface area contributed by atoms with Crippen LogP contribution in [-0.4, -0.2) is 55.3 Å². The minimum Gasteiger partial charge on any atom is -0.347 e. The standard InChI is InChI=1S/C11H23N3O2/c1-9(12)6-5-7-10(15)14(4)8-11(16)13(2)3/h9H,5-8,12H2,1-4H3. The van der Waals surface area contributed by atoms with Gasteiger partial charge in [0.25, 0.3) is 0 Å². The number of amides is 2. The fraction of sp³-hybridized carbons (Fsp3) is 0.818. The van der Waals surface area contributed by atoms with E-state index < -0.39 is 0 Å². The summed E-state index contributed by atoms with van der Waals surface area (Å²) >= 11 is 0. The lowest BCUT2D eigenvalue weighted by Crippen LogP contribution is -2.37. The van der Waals surface area contributed by atoms with Crippen molar-refractivity contribution in [1.29, 1.82) is 0 Å². The molecule has 2 N–H and O–H groups in total. The Bertz CT molecular complexity index is 239. The van der Waals surface area contributed by atoms with Gasteiger partial charge < -0.3 is 15.5 Å². The quantitative estimate of drug-likeness (QED) is 0.700. The van der Waals surface area contributed by atoms with Crippen LogP contribution in [0.1, 0.15) is 26.2 Å².